The second-order valence-corrected chi connectivity index (χ2v) is 0. The van der Waals surface area contributed by atoms with Crippen LogP contribution in [0.2, 0.25) is 0 Å². The van der Waals surface area contributed by atoms with E-state index < -0.39 is 0 Å². The van der Waals surface area contributed by atoms with Gasteiger partial charge in [-0.3, -0.25) is 0 Å². The number of hydrogen-bond acceptors (Lipinski definition) is 7. The maximum atomic E-state index is 0. The van der Waals surface area contributed by atoms with Gasteiger partial charge < -0.3 is 54.8 Å². The predicted molar refractivity (Wildman–Crippen MR) is 30.1 cm³/mol. The van der Waals surface area contributed by atoms with Gasteiger partial charge in [-0.2, -0.15) is 0 Å². The van der Waals surface area contributed by atoms with Crippen LogP contribution in [0.4, 0.5) is 0 Å². The molecule has 0 saturated carbocycles. The van der Waals surface area contributed by atoms with E-state index in [2.05, 4.69) is 0 Å². The Balaban J connectivity index is 0. The van der Waals surface area contributed by atoms with Gasteiger partial charge in [0.25, 0.3) is 0 Å². The van der Waals surface area contributed by atoms with E-state index in [9.17, 15) is 0 Å². The fourth-order valence-corrected chi connectivity index (χ4v) is 0. The fourth-order valence-electron chi connectivity index (χ4n) is 0. The zero-order chi connectivity index (χ0) is 0. The molecule has 0 aliphatic rings. The zero-order valence-corrected chi connectivity index (χ0v) is 8.78. The first-order valence-electron chi connectivity index (χ1n) is 0. The molecule has 0 amide bonds. The van der Waals surface area contributed by atoms with Crippen LogP contribution in [0.25, 0.3) is 0 Å². The van der Waals surface area contributed by atoms with Gasteiger partial charge in [-0.15, -0.1) is 0 Å². The zero-order valence-electron chi connectivity index (χ0n) is 5.62. The molecule has 0 spiro atoms. The molecule has 0 bridgehead atoms. The van der Waals surface area contributed by atoms with Crippen LogP contribution in [0.5, 0.6) is 0 Å². The van der Waals surface area contributed by atoms with Crippen LogP contribution in [0.3, 0.4) is 0 Å². The first-order valence-corrected chi connectivity index (χ1v) is 0. The van der Waals surface area contributed by atoms with Crippen molar-refractivity contribution in [2.75, 3.05) is 0 Å². The van der Waals surface area contributed by atoms with Crippen molar-refractivity contribution in [2.45, 2.75) is 0 Å². The Morgan fingerprint density at radius 1 is 0.333 bits per heavy atom. The van der Waals surface area contributed by atoms with Crippen LogP contribution in [0.15, 0.2) is 0 Å². The van der Waals surface area contributed by atoms with Crippen molar-refractivity contribution >= 4 is 17.4 Å². The summed E-state index contributed by atoms with van der Waals surface area (Å²) in [5.41, 5.74) is 0. The van der Waals surface area contributed by atoms with Crippen molar-refractivity contribution in [3.63, 3.8) is 0 Å². The minimum Gasteiger partial charge on any atom is -0.870 e. The molecule has 12 heteroatoms. The van der Waals surface area contributed by atoms with Gasteiger partial charge in [0, 0.05) is 0 Å². The summed E-state index contributed by atoms with van der Waals surface area (Å²) >= 11 is 0. The Morgan fingerprint density at radius 2 is 0.333 bits per heavy atom. The third-order valence-corrected chi connectivity index (χ3v) is 0. The molecule has 0 unspecified atom stereocenters. The third kappa shape index (κ3) is 1550. The maximum absolute atomic E-state index is 0. The van der Waals surface area contributed by atoms with E-state index in [0.29, 0.717) is 0 Å². The number of hydrogen-bond donors (Lipinski definition) is 0. The maximum Gasteiger partial charge on any atom is 4.00 e. The van der Waals surface area contributed by atoms with Crippen LogP contribution in [0, 0.1) is 0 Å². The molecule has 12 heavy (non-hydrogen) atoms. The molecular formula is H13AlMoO10. The molecule has 0 atom stereocenters. The van der Waals surface area contributed by atoms with E-state index in [1.165, 1.54) is 0 Å². The van der Waals surface area contributed by atoms with E-state index >= 15 is 0 Å². The Hall–Kier alpha value is 0.821. The third-order valence-electron chi connectivity index (χ3n) is 0. The van der Waals surface area contributed by atoms with Crippen molar-refractivity contribution in [1.82, 2.24) is 0 Å². The molecule has 0 aliphatic carbocycles. The Morgan fingerprint density at radius 3 is 0.333 bits per heavy atom. The Labute approximate surface area is 93.4 Å². The molecule has 13 N–H and O–H groups in total. The molecule has 0 aromatic rings. The van der Waals surface area contributed by atoms with E-state index in [4.69, 9.17) is 0 Å². The van der Waals surface area contributed by atoms with Crippen LogP contribution in [-0.4, -0.2) is 72.1 Å². The van der Waals surface area contributed by atoms with Gasteiger partial charge in [0.2, 0.25) is 0 Å². The molecule has 0 saturated heterocycles. The minimum absolute atomic E-state index is 0. The summed E-state index contributed by atoms with van der Waals surface area (Å²) in [6, 6.07) is 0. The van der Waals surface area contributed by atoms with Crippen molar-refractivity contribution in [1.29, 1.82) is 0 Å². The predicted octanol–water partition coefficient (Wildman–Crippen LogP) is -4.09. The summed E-state index contributed by atoms with van der Waals surface area (Å²) in [6.45, 7) is 0. The van der Waals surface area contributed by atoms with E-state index in [1.807, 2.05) is 0 Å². The van der Waals surface area contributed by atoms with Gasteiger partial charge in [0.05, 0.1) is 0 Å². The smallest absolute Gasteiger partial charge is 0.870 e. The topological polar surface area (TPSA) is 304 Å². The number of rotatable bonds is 0. The van der Waals surface area contributed by atoms with Gasteiger partial charge >= 0.3 is 38.4 Å². The monoisotopic (exact) mass is 298 g/mol. The van der Waals surface area contributed by atoms with E-state index in [-0.39, 0.29) is 93.2 Å². The SMILES string of the molecule is O.O.O.[Al+3].[Mo+4].[OH-].[OH-].[OH-].[OH-].[OH-].[OH-].[OH-]. The van der Waals surface area contributed by atoms with Crippen molar-refractivity contribution in [3.05, 3.63) is 0 Å². The molecule has 82 valence electrons. The minimum atomic E-state index is 0. The average molecular weight is 296 g/mol. The molecule has 10 nitrogen and oxygen atoms in total. The molecule has 0 fully saturated rings. The van der Waals surface area contributed by atoms with Gasteiger partial charge in [-0.1, -0.05) is 0 Å². The summed E-state index contributed by atoms with van der Waals surface area (Å²) < 4.78 is 0. The summed E-state index contributed by atoms with van der Waals surface area (Å²) in [7, 11) is 0. The van der Waals surface area contributed by atoms with E-state index in [1.54, 1.807) is 0 Å². The summed E-state index contributed by atoms with van der Waals surface area (Å²) in [5.74, 6) is 0. The second kappa shape index (κ2) is 2050. The Bertz CT molecular complexity index is 9.80. The molecule has 0 rings (SSSR count). The molecule has 0 radical (unpaired) electrons. The summed E-state index contributed by atoms with van der Waals surface area (Å²) in [5, 5.41) is 0. The quantitative estimate of drug-likeness (QED) is 0.397. The van der Waals surface area contributed by atoms with Gasteiger partial charge in [0.15, 0.2) is 0 Å². The van der Waals surface area contributed by atoms with Gasteiger partial charge in [-0.05, 0) is 0 Å². The van der Waals surface area contributed by atoms with E-state index in [0.717, 1.165) is 0 Å². The molecular weight excluding hydrogens is 283 g/mol. The van der Waals surface area contributed by atoms with Crippen LogP contribution in [0.1, 0.15) is 0 Å². The van der Waals surface area contributed by atoms with Gasteiger partial charge in [0.1, 0.15) is 0 Å². The molecule has 0 aromatic heterocycles. The van der Waals surface area contributed by atoms with Crippen LogP contribution >= 0.6 is 0 Å². The van der Waals surface area contributed by atoms with Crippen LogP contribution in [-0.2, 0) is 21.1 Å². The normalized spacial score (nSPS) is 0. The first-order chi connectivity index (χ1) is 0. The first kappa shape index (κ1) is 2660. The fraction of sp³-hybridized carbons (Fsp3) is 0. The molecule has 0 aliphatic heterocycles. The largest absolute Gasteiger partial charge is 4.00 e. The van der Waals surface area contributed by atoms with Crippen molar-refractivity contribution in [3.8, 4) is 0 Å². The molecule has 0 aromatic carbocycles. The second-order valence-electron chi connectivity index (χ2n) is 0. The summed E-state index contributed by atoms with van der Waals surface area (Å²) in [4.78, 5) is 0. The Kier molecular flexibility index (Phi) is 455000. The van der Waals surface area contributed by atoms with Gasteiger partial charge in [-0.25, -0.2) is 0 Å². The van der Waals surface area contributed by atoms with Crippen LogP contribution < -0.4 is 0 Å². The average Bonchev–Trinajstić information content (AvgIpc) is 0. The summed E-state index contributed by atoms with van der Waals surface area (Å²) in [6.07, 6.45) is 0. The van der Waals surface area contributed by atoms with Crippen molar-refractivity contribution in [2.24, 2.45) is 0 Å². The standard InChI is InChI=1S/Al.Mo.10H2O/h;;10*1H2/q+3;+4;;;;;;;;;;/p-7. The molecule has 0 heterocycles. The van der Waals surface area contributed by atoms with Crippen molar-refractivity contribution < 1.29 is 75.8 Å².